The Labute approximate surface area is 123 Å². The van der Waals surface area contributed by atoms with E-state index < -0.39 is 0 Å². The van der Waals surface area contributed by atoms with Gasteiger partial charge in [0.15, 0.2) is 0 Å². The summed E-state index contributed by atoms with van der Waals surface area (Å²) in [6.45, 7) is 1.12. The molecular weight excluding hydrogens is 304 g/mol. The minimum atomic E-state index is 0.679. The van der Waals surface area contributed by atoms with E-state index in [1.54, 1.807) is 0 Å². The number of fused-ring (bicyclic) bond motifs is 1. The first-order valence-corrected chi connectivity index (χ1v) is 8.06. The van der Waals surface area contributed by atoms with Crippen molar-refractivity contribution in [2.75, 3.05) is 23.8 Å². The van der Waals surface area contributed by atoms with Crippen molar-refractivity contribution in [3.05, 3.63) is 10.7 Å². The Morgan fingerprint density at radius 3 is 2.89 bits per heavy atom. The molecule has 0 bridgehead atoms. The molecule has 1 aliphatic heterocycles. The van der Waals surface area contributed by atoms with Gasteiger partial charge in [-0.1, -0.05) is 12.8 Å². The largest absolute Gasteiger partial charge is 0.357 e. The quantitative estimate of drug-likeness (QED) is 0.904. The zero-order chi connectivity index (χ0) is 13.2. The molecule has 3 rings (SSSR count). The van der Waals surface area contributed by atoms with Gasteiger partial charge in [-0.05, 0) is 47.5 Å². The van der Waals surface area contributed by atoms with E-state index in [1.165, 1.54) is 38.5 Å². The smallest absolute Gasteiger partial charge is 0.224 e. The van der Waals surface area contributed by atoms with Gasteiger partial charge in [-0.3, -0.25) is 0 Å². The highest BCUT2D eigenvalue weighted by Gasteiger charge is 2.34. The third-order valence-electron chi connectivity index (χ3n) is 4.46. The molecule has 2 aliphatic rings. The third kappa shape index (κ3) is 2.57. The zero-order valence-corrected chi connectivity index (χ0v) is 13.0. The summed E-state index contributed by atoms with van der Waals surface area (Å²) >= 11 is 3.62. The molecule has 5 heteroatoms. The first-order chi connectivity index (χ1) is 9.29. The summed E-state index contributed by atoms with van der Waals surface area (Å²) in [6, 6.07) is 0.679. The fraction of sp³-hybridized carbons (Fsp3) is 0.714. The van der Waals surface area contributed by atoms with Gasteiger partial charge in [0.25, 0.3) is 0 Å². The van der Waals surface area contributed by atoms with E-state index in [2.05, 4.69) is 36.1 Å². The molecule has 4 nitrogen and oxygen atoms in total. The van der Waals surface area contributed by atoms with Crippen LogP contribution in [0.4, 0.5) is 11.8 Å². The van der Waals surface area contributed by atoms with E-state index in [-0.39, 0.29) is 0 Å². The van der Waals surface area contributed by atoms with Crippen LogP contribution in [0.1, 0.15) is 38.5 Å². The minimum Gasteiger partial charge on any atom is -0.357 e. The van der Waals surface area contributed by atoms with Crippen LogP contribution >= 0.6 is 15.9 Å². The number of nitrogens with zero attached hydrogens (tertiary/aromatic N) is 3. The molecule has 0 amide bonds. The van der Waals surface area contributed by atoms with Crippen molar-refractivity contribution in [2.45, 2.75) is 44.6 Å². The molecule has 104 valence electrons. The van der Waals surface area contributed by atoms with E-state index >= 15 is 0 Å². The molecule has 0 radical (unpaired) electrons. The lowest BCUT2D eigenvalue weighted by atomic mass is 9.78. The van der Waals surface area contributed by atoms with Crippen LogP contribution in [-0.2, 0) is 0 Å². The van der Waals surface area contributed by atoms with Gasteiger partial charge >= 0.3 is 0 Å². The van der Waals surface area contributed by atoms with Gasteiger partial charge in [0.2, 0.25) is 5.95 Å². The molecule has 2 fully saturated rings. The summed E-state index contributed by atoms with van der Waals surface area (Å²) in [6.07, 6.45) is 10.0. The van der Waals surface area contributed by atoms with Gasteiger partial charge in [-0.2, -0.15) is 4.98 Å². The number of piperidine rings is 1. The number of anilines is 2. The highest BCUT2D eigenvalue weighted by Crippen LogP contribution is 2.39. The predicted octanol–water partition coefficient (Wildman–Crippen LogP) is 3.44. The highest BCUT2D eigenvalue weighted by atomic mass is 79.9. The summed E-state index contributed by atoms with van der Waals surface area (Å²) in [7, 11) is 1.87. The molecule has 0 spiro atoms. The summed E-state index contributed by atoms with van der Waals surface area (Å²) in [5.74, 6) is 2.63. The average molecular weight is 325 g/mol. The molecule has 1 aliphatic carbocycles. The van der Waals surface area contributed by atoms with E-state index in [1.807, 2.05) is 13.2 Å². The maximum absolute atomic E-state index is 4.66. The van der Waals surface area contributed by atoms with Crippen molar-refractivity contribution in [3.8, 4) is 0 Å². The normalized spacial score (nSPS) is 26.9. The maximum atomic E-state index is 4.66. The Morgan fingerprint density at radius 1 is 1.26 bits per heavy atom. The van der Waals surface area contributed by atoms with Crippen LogP contribution < -0.4 is 10.2 Å². The first-order valence-electron chi connectivity index (χ1n) is 7.26. The zero-order valence-electron chi connectivity index (χ0n) is 11.4. The SMILES string of the molecule is CNc1ncc(Br)c(N2CCC[C@H]3CCCC[C@H]32)n1. The van der Waals surface area contributed by atoms with Crippen LogP contribution in [0.3, 0.4) is 0 Å². The molecule has 1 saturated carbocycles. The molecule has 0 aromatic carbocycles. The van der Waals surface area contributed by atoms with Crippen LogP contribution in [0.15, 0.2) is 10.7 Å². The van der Waals surface area contributed by atoms with Crippen molar-refractivity contribution >= 4 is 27.7 Å². The number of rotatable bonds is 2. The van der Waals surface area contributed by atoms with Crippen LogP contribution in [0, 0.1) is 5.92 Å². The Bertz CT molecular complexity index is 449. The molecule has 1 aromatic heterocycles. The lowest BCUT2D eigenvalue weighted by Crippen LogP contribution is -2.47. The fourth-order valence-electron chi connectivity index (χ4n) is 3.57. The summed E-state index contributed by atoms with van der Waals surface area (Å²) in [4.78, 5) is 11.4. The number of halogens is 1. The van der Waals surface area contributed by atoms with Crippen molar-refractivity contribution < 1.29 is 0 Å². The number of hydrogen-bond donors (Lipinski definition) is 1. The molecule has 1 aromatic rings. The maximum Gasteiger partial charge on any atom is 0.224 e. The number of aromatic nitrogens is 2. The van der Waals surface area contributed by atoms with Crippen LogP contribution in [0.2, 0.25) is 0 Å². The Balaban J connectivity index is 1.91. The van der Waals surface area contributed by atoms with E-state index in [4.69, 9.17) is 0 Å². The summed E-state index contributed by atoms with van der Waals surface area (Å²) in [5.41, 5.74) is 0. The highest BCUT2D eigenvalue weighted by molar-refractivity contribution is 9.10. The topological polar surface area (TPSA) is 41.1 Å². The molecule has 1 N–H and O–H groups in total. The summed E-state index contributed by atoms with van der Waals surface area (Å²) in [5, 5.41) is 3.04. The predicted molar refractivity (Wildman–Crippen MR) is 81.6 cm³/mol. The van der Waals surface area contributed by atoms with Crippen molar-refractivity contribution in [1.82, 2.24) is 9.97 Å². The Kier molecular flexibility index (Phi) is 3.91. The third-order valence-corrected chi connectivity index (χ3v) is 5.02. The van der Waals surface area contributed by atoms with Gasteiger partial charge in [0, 0.05) is 25.8 Å². The van der Waals surface area contributed by atoms with Crippen LogP contribution in [0.5, 0.6) is 0 Å². The first kappa shape index (κ1) is 13.2. The summed E-state index contributed by atoms with van der Waals surface area (Å²) < 4.78 is 1.01. The fourth-order valence-corrected chi connectivity index (χ4v) is 3.99. The molecule has 0 unspecified atom stereocenters. The lowest BCUT2D eigenvalue weighted by molar-refractivity contribution is 0.242. The second kappa shape index (κ2) is 5.65. The van der Waals surface area contributed by atoms with Crippen LogP contribution in [0.25, 0.3) is 0 Å². The lowest BCUT2D eigenvalue weighted by Gasteiger charge is -2.45. The Hall–Kier alpha value is -0.840. The molecule has 1 saturated heterocycles. The standard InChI is InChI=1S/C14H21BrN4/c1-16-14-17-9-11(15)13(18-14)19-8-4-6-10-5-2-3-7-12(10)19/h9-10,12H,2-8H2,1H3,(H,16,17,18)/t10-,12-/m1/s1. The van der Waals surface area contributed by atoms with E-state index in [0.29, 0.717) is 12.0 Å². The number of hydrogen-bond acceptors (Lipinski definition) is 4. The number of nitrogens with one attached hydrogen (secondary N) is 1. The van der Waals surface area contributed by atoms with Gasteiger partial charge in [-0.25, -0.2) is 4.98 Å². The van der Waals surface area contributed by atoms with E-state index in [9.17, 15) is 0 Å². The molecule has 19 heavy (non-hydrogen) atoms. The average Bonchev–Trinajstić information content (AvgIpc) is 2.47. The molecule has 2 heterocycles. The van der Waals surface area contributed by atoms with Gasteiger partial charge in [-0.15, -0.1) is 0 Å². The van der Waals surface area contributed by atoms with Crippen molar-refractivity contribution in [3.63, 3.8) is 0 Å². The van der Waals surface area contributed by atoms with Crippen molar-refractivity contribution in [2.24, 2.45) is 5.92 Å². The van der Waals surface area contributed by atoms with Gasteiger partial charge in [0.05, 0.1) is 4.47 Å². The van der Waals surface area contributed by atoms with Crippen LogP contribution in [-0.4, -0.2) is 29.6 Å². The van der Waals surface area contributed by atoms with Crippen molar-refractivity contribution in [1.29, 1.82) is 0 Å². The Morgan fingerprint density at radius 2 is 2.05 bits per heavy atom. The second-order valence-corrected chi connectivity index (χ2v) is 6.42. The van der Waals surface area contributed by atoms with E-state index in [0.717, 1.165) is 22.8 Å². The molecular formula is C14H21BrN4. The second-order valence-electron chi connectivity index (χ2n) is 5.56. The minimum absolute atomic E-state index is 0.679. The van der Waals surface area contributed by atoms with Gasteiger partial charge in [0.1, 0.15) is 5.82 Å². The molecule has 2 atom stereocenters. The monoisotopic (exact) mass is 324 g/mol. The van der Waals surface area contributed by atoms with Gasteiger partial charge < -0.3 is 10.2 Å².